The van der Waals surface area contributed by atoms with Crippen LogP contribution < -0.4 is 0 Å². The number of β-amino-alcohol motifs (C(OH)–C–C–N with tert-alkyl or cyclic N) is 1. The van der Waals surface area contributed by atoms with E-state index < -0.39 is 29.3 Å². The Bertz CT molecular complexity index is 834. The van der Waals surface area contributed by atoms with Gasteiger partial charge in [-0.25, -0.2) is 4.39 Å². The summed E-state index contributed by atoms with van der Waals surface area (Å²) in [6.45, 7) is -0.418. The molecule has 2 N–H and O–H groups in total. The van der Waals surface area contributed by atoms with Gasteiger partial charge in [-0.15, -0.1) is 0 Å². The molecule has 6 nitrogen and oxygen atoms in total. The summed E-state index contributed by atoms with van der Waals surface area (Å²) in [7, 11) is 0. The number of aromatic nitrogens is 1. The predicted octanol–water partition coefficient (Wildman–Crippen LogP) is 1.63. The molecule has 2 heterocycles. The number of pyridine rings is 1. The number of Topliss-reactive ketones (excluding diaryl/α,β-unsaturated/α-hetero) is 1. The molecule has 1 aromatic carbocycles. The lowest BCUT2D eigenvalue weighted by Crippen LogP contribution is -2.32. The van der Waals surface area contributed by atoms with E-state index in [9.17, 15) is 24.2 Å². The van der Waals surface area contributed by atoms with E-state index in [4.69, 9.17) is 0 Å². The van der Waals surface area contributed by atoms with Crippen molar-refractivity contribution in [1.82, 2.24) is 9.88 Å². The van der Waals surface area contributed by atoms with Gasteiger partial charge >= 0.3 is 0 Å². The molecular formula is C18H15FN2O4. The number of hydrogen-bond acceptors (Lipinski definition) is 5. The molecule has 1 saturated heterocycles. The van der Waals surface area contributed by atoms with E-state index in [1.165, 1.54) is 23.2 Å². The van der Waals surface area contributed by atoms with E-state index in [2.05, 4.69) is 4.98 Å². The maximum absolute atomic E-state index is 13.1. The van der Waals surface area contributed by atoms with Crippen LogP contribution in [0.25, 0.3) is 5.76 Å². The van der Waals surface area contributed by atoms with Crippen LogP contribution in [0.2, 0.25) is 0 Å². The Labute approximate surface area is 142 Å². The third-order valence-electron chi connectivity index (χ3n) is 3.97. The van der Waals surface area contributed by atoms with Gasteiger partial charge in [0, 0.05) is 18.3 Å². The fourth-order valence-corrected chi connectivity index (χ4v) is 2.83. The van der Waals surface area contributed by atoms with Crippen molar-refractivity contribution < 1.29 is 24.2 Å². The number of benzene rings is 1. The summed E-state index contributed by atoms with van der Waals surface area (Å²) in [5, 5.41) is 19.8. The van der Waals surface area contributed by atoms with Gasteiger partial charge in [0.1, 0.15) is 17.6 Å². The van der Waals surface area contributed by atoms with Crippen molar-refractivity contribution in [1.29, 1.82) is 0 Å². The van der Waals surface area contributed by atoms with Crippen LogP contribution >= 0.6 is 0 Å². The monoisotopic (exact) mass is 342 g/mol. The van der Waals surface area contributed by atoms with Crippen LogP contribution in [0.3, 0.4) is 0 Å². The number of nitrogens with zero attached hydrogens (tertiary/aromatic N) is 2. The number of ketones is 1. The summed E-state index contributed by atoms with van der Waals surface area (Å²) in [5.74, 6) is -2.59. The predicted molar refractivity (Wildman–Crippen MR) is 86.7 cm³/mol. The lowest BCUT2D eigenvalue weighted by Gasteiger charge is -2.23. The summed E-state index contributed by atoms with van der Waals surface area (Å²) < 4.78 is 13.1. The van der Waals surface area contributed by atoms with E-state index in [0.717, 1.165) is 12.1 Å². The van der Waals surface area contributed by atoms with Crippen molar-refractivity contribution in [3.05, 3.63) is 71.3 Å². The molecule has 1 aliphatic heterocycles. The Hall–Kier alpha value is -3.06. The van der Waals surface area contributed by atoms with Gasteiger partial charge in [0.05, 0.1) is 17.9 Å². The third-order valence-corrected chi connectivity index (χ3v) is 3.97. The molecule has 7 heteroatoms. The summed E-state index contributed by atoms with van der Waals surface area (Å²) in [5.41, 5.74) is 0.465. The molecule has 0 radical (unpaired) electrons. The van der Waals surface area contributed by atoms with Crippen molar-refractivity contribution in [3.8, 4) is 0 Å². The number of aliphatic hydroxyl groups excluding tert-OH is 2. The average molecular weight is 342 g/mol. The first-order chi connectivity index (χ1) is 12.0. The van der Waals surface area contributed by atoms with Crippen molar-refractivity contribution in [2.24, 2.45) is 0 Å². The van der Waals surface area contributed by atoms with E-state index in [1.807, 2.05) is 0 Å². The molecule has 128 valence electrons. The maximum Gasteiger partial charge on any atom is 0.295 e. The second kappa shape index (κ2) is 6.82. The minimum Gasteiger partial charge on any atom is -0.507 e. The second-order valence-corrected chi connectivity index (χ2v) is 5.48. The van der Waals surface area contributed by atoms with E-state index in [-0.39, 0.29) is 24.3 Å². The molecule has 0 aliphatic carbocycles. The zero-order valence-corrected chi connectivity index (χ0v) is 13.1. The molecule has 2 aromatic rings. The van der Waals surface area contributed by atoms with Crippen molar-refractivity contribution in [3.63, 3.8) is 0 Å². The van der Waals surface area contributed by atoms with E-state index in [1.54, 1.807) is 18.2 Å². The van der Waals surface area contributed by atoms with Gasteiger partial charge in [0.15, 0.2) is 0 Å². The standard InChI is InChI=1S/C18H15FN2O4/c19-12-6-4-11(5-7-12)16(23)14-15(13-3-1-2-8-20-13)21(9-10-22)18(25)17(14)24/h1-8,15,22-23H,9-10H2/b16-14-. The third kappa shape index (κ3) is 3.01. The van der Waals surface area contributed by atoms with Crippen LogP contribution in [0.4, 0.5) is 4.39 Å². The highest BCUT2D eigenvalue weighted by Gasteiger charge is 2.46. The zero-order chi connectivity index (χ0) is 18.0. The van der Waals surface area contributed by atoms with Gasteiger partial charge in [0.25, 0.3) is 11.7 Å². The molecule has 1 unspecified atom stereocenters. The molecule has 1 fully saturated rings. The smallest absolute Gasteiger partial charge is 0.295 e. The van der Waals surface area contributed by atoms with Gasteiger partial charge in [0.2, 0.25) is 0 Å². The maximum atomic E-state index is 13.1. The number of likely N-dealkylation sites (tertiary alicyclic amines) is 1. The normalized spacial score (nSPS) is 19.4. The van der Waals surface area contributed by atoms with Gasteiger partial charge < -0.3 is 15.1 Å². The van der Waals surface area contributed by atoms with E-state index >= 15 is 0 Å². The van der Waals surface area contributed by atoms with Gasteiger partial charge in [-0.1, -0.05) is 6.07 Å². The molecular weight excluding hydrogens is 327 g/mol. The highest BCUT2D eigenvalue weighted by Crippen LogP contribution is 2.38. The van der Waals surface area contributed by atoms with E-state index in [0.29, 0.717) is 5.69 Å². The first-order valence-corrected chi connectivity index (χ1v) is 7.60. The second-order valence-electron chi connectivity index (χ2n) is 5.48. The Morgan fingerprint density at radius 3 is 2.48 bits per heavy atom. The molecule has 1 atom stereocenters. The molecule has 3 rings (SSSR count). The Morgan fingerprint density at radius 1 is 1.16 bits per heavy atom. The Kier molecular flexibility index (Phi) is 4.58. The van der Waals surface area contributed by atoms with Crippen LogP contribution in [-0.2, 0) is 9.59 Å². The lowest BCUT2D eigenvalue weighted by atomic mass is 9.98. The summed E-state index contributed by atoms with van der Waals surface area (Å²) in [6, 6.07) is 9.01. The highest BCUT2D eigenvalue weighted by atomic mass is 19.1. The topological polar surface area (TPSA) is 90.7 Å². The van der Waals surface area contributed by atoms with Crippen molar-refractivity contribution in [2.75, 3.05) is 13.2 Å². The van der Waals surface area contributed by atoms with Crippen LogP contribution in [0, 0.1) is 5.82 Å². The van der Waals surface area contributed by atoms with Gasteiger partial charge in [-0.3, -0.25) is 14.6 Å². The summed E-state index contributed by atoms with van der Waals surface area (Å²) >= 11 is 0. The van der Waals surface area contributed by atoms with Crippen LogP contribution in [0.1, 0.15) is 17.3 Å². The molecule has 25 heavy (non-hydrogen) atoms. The first kappa shape index (κ1) is 16.8. The molecule has 1 aliphatic rings. The number of hydrogen-bond donors (Lipinski definition) is 2. The fraction of sp³-hybridized carbons (Fsp3) is 0.167. The fourth-order valence-electron chi connectivity index (χ4n) is 2.83. The number of aliphatic hydroxyl groups is 2. The molecule has 1 aromatic heterocycles. The molecule has 0 bridgehead atoms. The number of rotatable bonds is 4. The Balaban J connectivity index is 2.17. The minimum absolute atomic E-state index is 0.0774. The number of amides is 1. The first-order valence-electron chi connectivity index (χ1n) is 7.60. The number of halogens is 1. The lowest BCUT2D eigenvalue weighted by molar-refractivity contribution is -0.140. The molecule has 0 spiro atoms. The molecule has 0 saturated carbocycles. The highest BCUT2D eigenvalue weighted by molar-refractivity contribution is 6.46. The zero-order valence-electron chi connectivity index (χ0n) is 13.1. The van der Waals surface area contributed by atoms with Gasteiger partial charge in [-0.05, 0) is 36.4 Å². The minimum atomic E-state index is -0.918. The largest absolute Gasteiger partial charge is 0.507 e. The van der Waals surface area contributed by atoms with Gasteiger partial charge in [-0.2, -0.15) is 0 Å². The van der Waals surface area contributed by atoms with Crippen LogP contribution in [0.15, 0.2) is 54.2 Å². The number of carbonyl (C=O) groups is 2. The number of carbonyl (C=O) groups excluding carboxylic acids is 2. The van der Waals surface area contributed by atoms with Crippen molar-refractivity contribution >= 4 is 17.4 Å². The van der Waals surface area contributed by atoms with Crippen molar-refractivity contribution in [2.45, 2.75) is 6.04 Å². The Morgan fingerprint density at radius 2 is 1.88 bits per heavy atom. The average Bonchev–Trinajstić information content (AvgIpc) is 2.88. The quantitative estimate of drug-likeness (QED) is 0.501. The molecule has 1 amide bonds. The summed E-state index contributed by atoms with van der Waals surface area (Å²) in [6.07, 6.45) is 1.51. The van der Waals surface area contributed by atoms with Crippen LogP contribution in [0.5, 0.6) is 0 Å². The SMILES string of the molecule is O=C1C(=O)N(CCO)C(c2ccccn2)/C1=C(/O)c1ccc(F)cc1. The summed E-state index contributed by atoms with van der Waals surface area (Å²) in [4.78, 5) is 30.1. The van der Waals surface area contributed by atoms with Crippen LogP contribution in [-0.4, -0.2) is 44.9 Å².